The maximum Gasteiger partial charge on any atom is 0.267 e. The summed E-state index contributed by atoms with van der Waals surface area (Å²) in [6.07, 6.45) is 6.56. The highest BCUT2D eigenvalue weighted by atomic mass is 32.2. The fourth-order valence-corrected chi connectivity index (χ4v) is 6.60. The molecule has 2 atom stereocenters. The van der Waals surface area contributed by atoms with Crippen molar-refractivity contribution in [2.45, 2.75) is 66.0 Å². The summed E-state index contributed by atoms with van der Waals surface area (Å²) in [5.41, 5.74) is 6.87. The Morgan fingerprint density at radius 2 is 1.66 bits per heavy atom. The average Bonchev–Trinajstić information content (AvgIpc) is 3.19. The first-order chi connectivity index (χ1) is 18.4. The molecule has 2 fully saturated rings. The number of carbonyl (C=O) groups is 1. The minimum Gasteiger partial charge on any atom is -0.489 e. The van der Waals surface area contributed by atoms with E-state index in [4.69, 9.17) is 9.73 Å². The van der Waals surface area contributed by atoms with Crippen molar-refractivity contribution in [3.63, 3.8) is 0 Å². The number of aliphatic imine (C=N–C) groups is 1. The van der Waals surface area contributed by atoms with E-state index < -0.39 is 0 Å². The molecule has 1 saturated carbocycles. The van der Waals surface area contributed by atoms with Gasteiger partial charge in [0.15, 0.2) is 5.17 Å². The maximum absolute atomic E-state index is 13.7. The van der Waals surface area contributed by atoms with Crippen LogP contribution in [0.4, 0.5) is 5.69 Å². The Morgan fingerprint density at radius 3 is 2.34 bits per heavy atom. The third kappa shape index (κ3) is 5.88. The van der Waals surface area contributed by atoms with Gasteiger partial charge < -0.3 is 4.74 Å². The van der Waals surface area contributed by atoms with E-state index in [0.29, 0.717) is 12.5 Å². The number of nitrogens with zero attached hydrogens (tertiary/aromatic N) is 2. The molecule has 5 heteroatoms. The summed E-state index contributed by atoms with van der Waals surface area (Å²) in [6, 6.07) is 22.5. The van der Waals surface area contributed by atoms with Gasteiger partial charge in [-0.25, -0.2) is 4.99 Å². The number of para-hydroxylation sites is 1. The molecule has 196 valence electrons. The molecule has 1 heterocycles. The van der Waals surface area contributed by atoms with E-state index in [1.165, 1.54) is 40.4 Å². The Hall–Kier alpha value is -3.31. The number of carbonyl (C=O) groups excluding carboxylic acids is 1. The standard InChI is InChI=1S/C33H36N2O2S/c1-22-18-24(3)29(25(4)19-22)21-37-28-16-14-26(15-17-28)20-31-32(36)35(30-13-9-8-10-23(30)2)33(38-31)34-27-11-6-5-7-12-27/h5-7,11-12,14-20,23,30H,8-10,13,21H2,1-4H3/b31-20-,34-33?/t23-,30+/m1/s1. The van der Waals surface area contributed by atoms with Crippen LogP contribution in [-0.2, 0) is 11.4 Å². The van der Waals surface area contributed by atoms with E-state index >= 15 is 0 Å². The van der Waals surface area contributed by atoms with Gasteiger partial charge >= 0.3 is 0 Å². The molecule has 1 aliphatic heterocycles. The van der Waals surface area contributed by atoms with Crippen molar-refractivity contribution in [1.82, 2.24) is 4.90 Å². The van der Waals surface area contributed by atoms with Gasteiger partial charge in [-0.05, 0) is 104 Å². The van der Waals surface area contributed by atoms with Crippen LogP contribution in [0.1, 0.15) is 60.4 Å². The van der Waals surface area contributed by atoms with Crippen LogP contribution in [0, 0.1) is 26.7 Å². The van der Waals surface area contributed by atoms with E-state index in [-0.39, 0.29) is 11.9 Å². The Labute approximate surface area is 230 Å². The molecule has 38 heavy (non-hydrogen) atoms. The second-order valence-electron chi connectivity index (χ2n) is 10.6. The van der Waals surface area contributed by atoms with Crippen LogP contribution in [0.5, 0.6) is 5.75 Å². The van der Waals surface area contributed by atoms with Crippen LogP contribution < -0.4 is 4.74 Å². The molecule has 5 rings (SSSR count). The highest BCUT2D eigenvalue weighted by molar-refractivity contribution is 8.18. The second kappa shape index (κ2) is 11.6. The van der Waals surface area contributed by atoms with Gasteiger partial charge in [0.1, 0.15) is 12.4 Å². The molecule has 0 aromatic heterocycles. The van der Waals surface area contributed by atoms with Crippen molar-refractivity contribution in [3.05, 3.63) is 99.5 Å². The monoisotopic (exact) mass is 524 g/mol. The van der Waals surface area contributed by atoms with Gasteiger partial charge in [0.05, 0.1) is 10.6 Å². The topological polar surface area (TPSA) is 41.9 Å². The molecule has 0 spiro atoms. The highest BCUT2D eigenvalue weighted by Crippen LogP contribution is 2.40. The maximum atomic E-state index is 13.7. The molecule has 0 unspecified atom stereocenters. The predicted molar refractivity (Wildman–Crippen MR) is 159 cm³/mol. The Balaban J connectivity index is 1.35. The normalized spacial score (nSPS) is 21.9. The number of amides is 1. The fourth-order valence-electron chi connectivity index (χ4n) is 5.56. The average molecular weight is 525 g/mol. The van der Waals surface area contributed by atoms with E-state index in [1.807, 2.05) is 65.6 Å². The summed E-state index contributed by atoms with van der Waals surface area (Å²) in [7, 11) is 0. The van der Waals surface area contributed by atoms with E-state index in [9.17, 15) is 4.79 Å². The van der Waals surface area contributed by atoms with Gasteiger partial charge in [-0.3, -0.25) is 9.69 Å². The summed E-state index contributed by atoms with van der Waals surface area (Å²) in [4.78, 5) is 21.3. The Morgan fingerprint density at radius 1 is 0.974 bits per heavy atom. The molecule has 1 saturated heterocycles. The van der Waals surface area contributed by atoms with Crippen molar-refractivity contribution in [2.75, 3.05) is 0 Å². The number of benzene rings is 3. The van der Waals surface area contributed by atoms with Gasteiger partial charge in [-0.1, -0.05) is 67.8 Å². The van der Waals surface area contributed by atoms with E-state index in [2.05, 4.69) is 39.8 Å². The molecular formula is C33H36N2O2S. The summed E-state index contributed by atoms with van der Waals surface area (Å²) in [5.74, 6) is 1.35. The van der Waals surface area contributed by atoms with E-state index in [1.54, 1.807) is 0 Å². The molecule has 3 aromatic rings. The van der Waals surface area contributed by atoms with Crippen LogP contribution in [0.25, 0.3) is 6.08 Å². The molecule has 4 nitrogen and oxygen atoms in total. The predicted octanol–water partition coefficient (Wildman–Crippen LogP) is 8.37. The van der Waals surface area contributed by atoms with E-state index in [0.717, 1.165) is 46.3 Å². The lowest BCUT2D eigenvalue weighted by Gasteiger charge is -2.35. The lowest BCUT2D eigenvalue weighted by molar-refractivity contribution is -0.124. The van der Waals surface area contributed by atoms with Gasteiger partial charge in [0.25, 0.3) is 5.91 Å². The SMILES string of the molecule is Cc1cc(C)c(COc2ccc(/C=C3\SC(=Nc4ccccc4)N([C@H]4CCCC[C@H]4C)C3=O)cc2)c(C)c1. The molecular weight excluding hydrogens is 488 g/mol. The third-order valence-electron chi connectivity index (χ3n) is 7.62. The van der Waals surface area contributed by atoms with Crippen LogP contribution in [0.15, 0.2) is 76.6 Å². The summed E-state index contributed by atoms with van der Waals surface area (Å²) in [5, 5.41) is 0.787. The first-order valence-electron chi connectivity index (χ1n) is 13.6. The number of aryl methyl sites for hydroxylation is 3. The van der Waals surface area contributed by atoms with Crippen LogP contribution in [0.3, 0.4) is 0 Å². The van der Waals surface area contributed by atoms with Gasteiger partial charge in [0, 0.05) is 6.04 Å². The largest absolute Gasteiger partial charge is 0.489 e. The lowest BCUT2D eigenvalue weighted by Crippen LogP contribution is -2.44. The van der Waals surface area contributed by atoms with Gasteiger partial charge in [0.2, 0.25) is 0 Å². The number of amidine groups is 1. The molecule has 2 aliphatic rings. The molecule has 0 bridgehead atoms. The van der Waals surface area contributed by atoms with Gasteiger partial charge in [-0.2, -0.15) is 0 Å². The van der Waals surface area contributed by atoms with Crippen molar-refractivity contribution in [1.29, 1.82) is 0 Å². The zero-order valence-corrected chi connectivity index (χ0v) is 23.6. The van der Waals surface area contributed by atoms with Crippen molar-refractivity contribution < 1.29 is 9.53 Å². The summed E-state index contributed by atoms with van der Waals surface area (Å²) in [6.45, 7) is 9.20. The molecule has 1 amide bonds. The minimum absolute atomic E-state index is 0.0640. The van der Waals surface area contributed by atoms with Crippen molar-refractivity contribution >= 4 is 34.6 Å². The first kappa shape index (κ1) is 26.3. The fraction of sp³-hybridized carbons (Fsp3) is 0.333. The second-order valence-corrected chi connectivity index (χ2v) is 11.6. The number of hydrogen-bond acceptors (Lipinski definition) is 4. The van der Waals surface area contributed by atoms with Crippen LogP contribution in [-0.4, -0.2) is 22.0 Å². The lowest BCUT2D eigenvalue weighted by atomic mass is 9.85. The number of thioether (sulfide) groups is 1. The zero-order chi connectivity index (χ0) is 26.6. The highest BCUT2D eigenvalue weighted by Gasteiger charge is 2.41. The van der Waals surface area contributed by atoms with Crippen molar-refractivity contribution in [2.24, 2.45) is 10.9 Å². The molecule has 3 aromatic carbocycles. The summed E-state index contributed by atoms with van der Waals surface area (Å²) < 4.78 is 6.11. The summed E-state index contributed by atoms with van der Waals surface area (Å²) >= 11 is 1.48. The molecule has 1 aliphatic carbocycles. The number of ether oxygens (including phenoxy) is 1. The molecule has 0 N–H and O–H groups in total. The van der Waals surface area contributed by atoms with Crippen LogP contribution >= 0.6 is 11.8 Å². The minimum atomic E-state index is 0.0640. The number of hydrogen-bond donors (Lipinski definition) is 0. The molecule has 0 radical (unpaired) electrons. The third-order valence-corrected chi connectivity index (χ3v) is 8.60. The van der Waals surface area contributed by atoms with Crippen molar-refractivity contribution in [3.8, 4) is 5.75 Å². The Bertz CT molecular complexity index is 1340. The zero-order valence-electron chi connectivity index (χ0n) is 22.7. The quantitative estimate of drug-likeness (QED) is 0.304. The Kier molecular flexibility index (Phi) is 8.04. The van der Waals surface area contributed by atoms with Gasteiger partial charge in [-0.15, -0.1) is 0 Å². The number of rotatable bonds is 6. The smallest absolute Gasteiger partial charge is 0.267 e. The van der Waals surface area contributed by atoms with Crippen LogP contribution in [0.2, 0.25) is 0 Å². The first-order valence-corrected chi connectivity index (χ1v) is 14.4.